The van der Waals surface area contributed by atoms with Crippen LogP contribution in [0.25, 0.3) is 0 Å². The number of allylic oxidation sites excluding steroid dienone is 1. The summed E-state index contributed by atoms with van der Waals surface area (Å²) in [4.78, 5) is 11.3. The van der Waals surface area contributed by atoms with Crippen LogP contribution in [0.1, 0.15) is 32.1 Å². The molecule has 0 aromatic carbocycles. The minimum absolute atomic E-state index is 0.339. The quantitative estimate of drug-likeness (QED) is 0.484. The lowest BCUT2D eigenvalue weighted by molar-refractivity contribution is -0.119. The zero-order valence-corrected chi connectivity index (χ0v) is 6.81. The Kier molecular flexibility index (Phi) is 1.59. The second-order valence-corrected chi connectivity index (χ2v) is 3.88. The van der Waals surface area contributed by atoms with Gasteiger partial charge < -0.3 is 0 Å². The molecular weight excluding hydrogens is 136 g/mol. The molecule has 2 unspecified atom stereocenters. The van der Waals surface area contributed by atoms with Crippen molar-refractivity contribution in [1.82, 2.24) is 0 Å². The van der Waals surface area contributed by atoms with Crippen molar-refractivity contribution in [2.45, 2.75) is 32.1 Å². The normalized spacial score (nSPS) is 37.5. The van der Waals surface area contributed by atoms with Gasteiger partial charge in [-0.15, -0.1) is 0 Å². The van der Waals surface area contributed by atoms with Gasteiger partial charge in [-0.3, -0.25) is 4.79 Å². The zero-order chi connectivity index (χ0) is 7.84. The smallest absolute Gasteiger partial charge is 0.158 e. The monoisotopic (exact) mass is 150 g/mol. The summed E-state index contributed by atoms with van der Waals surface area (Å²) in [5.41, 5.74) is 0.918. The van der Waals surface area contributed by atoms with Crippen molar-refractivity contribution in [1.29, 1.82) is 0 Å². The summed E-state index contributed by atoms with van der Waals surface area (Å²) in [7, 11) is 0. The van der Waals surface area contributed by atoms with Crippen molar-refractivity contribution in [2.75, 3.05) is 0 Å². The summed E-state index contributed by atoms with van der Waals surface area (Å²) >= 11 is 0. The van der Waals surface area contributed by atoms with Crippen molar-refractivity contribution in [3.8, 4) is 0 Å². The fraction of sp³-hybridized carbons (Fsp3) is 0.700. The van der Waals surface area contributed by atoms with E-state index in [9.17, 15) is 4.79 Å². The molecule has 0 saturated heterocycles. The molecule has 0 N–H and O–H groups in total. The maximum Gasteiger partial charge on any atom is 0.158 e. The molecule has 2 atom stereocenters. The van der Waals surface area contributed by atoms with Crippen molar-refractivity contribution in [3.05, 3.63) is 12.2 Å². The molecule has 0 aliphatic heterocycles. The first-order valence-corrected chi connectivity index (χ1v) is 4.49. The topological polar surface area (TPSA) is 17.1 Å². The first-order chi connectivity index (χ1) is 5.27. The Bertz CT molecular complexity index is 205. The van der Waals surface area contributed by atoms with Gasteiger partial charge in [0.05, 0.1) is 0 Å². The van der Waals surface area contributed by atoms with Crippen molar-refractivity contribution in [2.24, 2.45) is 11.8 Å². The predicted octanol–water partition coefficient (Wildman–Crippen LogP) is 2.32. The van der Waals surface area contributed by atoms with Crippen LogP contribution in [0.4, 0.5) is 0 Å². The molecule has 2 rings (SSSR count). The number of hydrogen-bond acceptors (Lipinski definition) is 1. The van der Waals surface area contributed by atoms with E-state index in [4.69, 9.17) is 0 Å². The van der Waals surface area contributed by atoms with Gasteiger partial charge in [-0.2, -0.15) is 0 Å². The molecule has 0 spiro atoms. The van der Waals surface area contributed by atoms with Crippen LogP contribution in [0.3, 0.4) is 0 Å². The molecule has 1 nitrogen and oxygen atoms in total. The van der Waals surface area contributed by atoms with Gasteiger partial charge in [-0.1, -0.05) is 13.0 Å². The molecule has 1 heteroatoms. The average molecular weight is 150 g/mol. The summed E-state index contributed by atoms with van der Waals surface area (Å²) in [6, 6.07) is 0. The van der Waals surface area contributed by atoms with Crippen LogP contribution in [-0.4, -0.2) is 5.78 Å². The molecule has 2 fully saturated rings. The summed E-state index contributed by atoms with van der Waals surface area (Å²) in [5, 5.41) is 0. The number of Topliss-reactive ketones (excluding diaryl/α,β-unsaturated/α-hetero) is 1. The van der Waals surface area contributed by atoms with Crippen molar-refractivity contribution in [3.63, 3.8) is 0 Å². The number of rotatable bonds is 0. The van der Waals surface area contributed by atoms with Crippen LogP contribution in [0, 0.1) is 11.8 Å². The highest BCUT2D eigenvalue weighted by atomic mass is 16.1. The van der Waals surface area contributed by atoms with Gasteiger partial charge in [-0.25, -0.2) is 0 Å². The van der Waals surface area contributed by atoms with Crippen LogP contribution >= 0.6 is 0 Å². The van der Waals surface area contributed by atoms with E-state index in [-0.39, 0.29) is 0 Å². The van der Waals surface area contributed by atoms with Crippen LogP contribution < -0.4 is 0 Å². The van der Waals surface area contributed by atoms with E-state index in [1.807, 2.05) is 0 Å². The number of ketones is 1. The van der Waals surface area contributed by atoms with Crippen molar-refractivity contribution < 1.29 is 4.79 Å². The van der Waals surface area contributed by atoms with Gasteiger partial charge in [0.2, 0.25) is 0 Å². The second-order valence-electron chi connectivity index (χ2n) is 3.88. The molecule has 0 aromatic rings. The fourth-order valence-electron chi connectivity index (χ4n) is 2.41. The lowest BCUT2D eigenvalue weighted by Gasteiger charge is -2.34. The Labute approximate surface area is 67.5 Å². The Hall–Kier alpha value is -0.590. The third kappa shape index (κ3) is 1.13. The van der Waals surface area contributed by atoms with E-state index in [0.29, 0.717) is 17.6 Å². The molecule has 0 heterocycles. The van der Waals surface area contributed by atoms with Crippen LogP contribution in [0.5, 0.6) is 0 Å². The SMILES string of the molecule is C=C1C(=O)CC2CCCC1C2. The molecule has 2 aliphatic rings. The molecule has 0 amide bonds. The Morgan fingerprint density at radius 1 is 1.36 bits per heavy atom. The maximum absolute atomic E-state index is 11.3. The van der Waals surface area contributed by atoms with Crippen LogP contribution in [0.2, 0.25) is 0 Å². The highest BCUT2D eigenvalue weighted by Gasteiger charge is 2.33. The van der Waals surface area contributed by atoms with E-state index >= 15 is 0 Å². The number of carbonyl (C=O) groups is 1. The van der Waals surface area contributed by atoms with E-state index in [1.165, 1.54) is 25.7 Å². The van der Waals surface area contributed by atoms with E-state index in [2.05, 4.69) is 6.58 Å². The molecular formula is C10H14O. The third-order valence-corrected chi connectivity index (χ3v) is 3.11. The summed E-state index contributed by atoms with van der Waals surface area (Å²) < 4.78 is 0. The number of carbonyl (C=O) groups excluding carboxylic acids is 1. The fourth-order valence-corrected chi connectivity index (χ4v) is 2.41. The second kappa shape index (κ2) is 2.47. The molecule has 0 radical (unpaired) electrons. The van der Waals surface area contributed by atoms with Crippen LogP contribution in [0.15, 0.2) is 12.2 Å². The predicted molar refractivity (Wildman–Crippen MR) is 44.2 cm³/mol. The molecule has 11 heavy (non-hydrogen) atoms. The molecule has 60 valence electrons. The largest absolute Gasteiger partial charge is 0.295 e. The van der Waals surface area contributed by atoms with Gasteiger partial charge in [0.15, 0.2) is 5.78 Å². The Morgan fingerprint density at radius 2 is 2.18 bits per heavy atom. The molecule has 2 bridgehead atoms. The van der Waals surface area contributed by atoms with E-state index in [1.54, 1.807) is 0 Å². The number of fused-ring (bicyclic) bond motifs is 2. The highest BCUT2D eigenvalue weighted by molar-refractivity contribution is 5.96. The third-order valence-electron chi connectivity index (χ3n) is 3.11. The minimum atomic E-state index is 0.339. The average Bonchev–Trinajstić information content (AvgIpc) is 2.01. The Balaban J connectivity index is 2.17. The minimum Gasteiger partial charge on any atom is -0.295 e. The van der Waals surface area contributed by atoms with Gasteiger partial charge in [0.1, 0.15) is 0 Å². The zero-order valence-electron chi connectivity index (χ0n) is 6.81. The molecule has 2 aliphatic carbocycles. The lowest BCUT2D eigenvalue weighted by atomic mass is 9.70. The Morgan fingerprint density at radius 3 is 3.00 bits per heavy atom. The summed E-state index contributed by atoms with van der Waals surface area (Å²) in [6.45, 7) is 3.87. The number of hydrogen-bond donors (Lipinski definition) is 0. The summed E-state index contributed by atoms with van der Waals surface area (Å²) in [6.07, 6.45) is 5.82. The maximum atomic E-state index is 11.3. The standard InChI is InChI=1S/C10H14O/c1-7-9-4-2-3-8(5-9)6-10(7)11/h8-9H,1-6H2. The first-order valence-electron chi connectivity index (χ1n) is 4.49. The van der Waals surface area contributed by atoms with Gasteiger partial charge in [-0.05, 0) is 36.7 Å². The lowest BCUT2D eigenvalue weighted by Crippen LogP contribution is -2.28. The molecule has 2 saturated carbocycles. The molecule has 0 aromatic heterocycles. The van der Waals surface area contributed by atoms with Gasteiger partial charge >= 0.3 is 0 Å². The van der Waals surface area contributed by atoms with Gasteiger partial charge in [0, 0.05) is 6.42 Å². The summed E-state index contributed by atoms with van der Waals surface area (Å²) in [5.74, 6) is 1.59. The van der Waals surface area contributed by atoms with E-state index in [0.717, 1.165) is 12.0 Å². The van der Waals surface area contributed by atoms with Gasteiger partial charge in [0.25, 0.3) is 0 Å². The van der Waals surface area contributed by atoms with Crippen molar-refractivity contribution >= 4 is 5.78 Å². The van der Waals surface area contributed by atoms with Crippen LogP contribution in [-0.2, 0) is 4.79 Å². The van der Waals surface area contributed by atoms with E-state index < -0.39 is 0 Å². The highest BCUT2D eigenvalue weighted by Crippen LogP contribution is 2.40. The first kappa shape index (κ1) is 7.08.